The molecule has 27 heavy (non-hydrogen) atoms. The van der Waals surface area contributed by atoms with Crippen LogP contribution in [0, 0.1) is 11.3 Å². The highest BCUT2D eigenvalue weighted by atomic mass is 15.3. The summed E-state index contributed by atoms with van der Waals surface area (Å²) in [5, 5.41) is 17.4. The molecule has 0 aliphatic carbocycles. The minimum Gasteiger partial charge on any atom is -0.382 e. The number of nitrogen functional groups attached to an aromatic ring is 1. The number of nitrogens with zero attached hydrogens (tertiary/aromatic N) is 5. The molecule has 1 aliphatic heterocycles. The van der Waals surface area contributed by atoms with Crippen LogP contribution in [0.2, 0.25) is 0 Å². The smallest absolute Gasteiger partial charge is 0.193 e. The first kappa shape index (κ1) is 18.8. The van der Waals surface area contributed by atoms with Gasteiger partial charge in [-0.05, 0) is 44.7 Å². The Labute approximate surface area is 160 Å². The van der Waals surface area contributed by atoms with E-state index in [-0.39, 0.29) is 0 Å². The van der Waals surface area contributed by atoms with Gasteiger partial charge in [0.2, 0.25) is 0 Å². The molecule has 7 nitrogen and oxygen atoms in total. The summed E-state index contributed by atoms with van der Waals surface area (Å²) in [7, 11) is 0. The number of aromatic nitrogens is 2. The first-order valence-electron chi connectivity index (χ1n) is 9.60. The number of likely N-dealkylation sites (tertiary alicyclic amines) is 1. The van der Waals surface area contributed by atoms with Gasteiger partial charge in [0.05, 0.1) is 11.4 Å². The predicted molar refractivity (Wildman–Crippen MR) is 108 cm³/mol. The van der Waals surface area contributed by atoms with E-state index in [0.717, 1.165) is 43.4 Å². The summed E-state index contributed by atoms with van der Waals surface area (Å²) in [6, 6.07) is 11.9. The van der Waals surface area contributed by atoms with Gasteiger partial charge in [-0.25, -0.2) is 4.68 Å². The van der Waals surface area contributed by atoms with Crippen molar-refractivity contribution in [1.29, 1.82) is 5.26 Å². The summed E-state index contributed by atoms with van der Waals surface area (Å²) in [6.07, 6.45) is 3.96. The molecule has 3 rings (SSSR count). The molecule has 1 fully saturated rings. The molecule has 0 bridgehead atoms. The summed E-state index contributed by atoms with van der Waals surface area (Å²) in [6.45, 7) is 5.79. The van der Waals surface area contributed by atoms with E-state index in [4.69, 9.17) is 10.7 Å². The number of aryl methyl sites for hydroxylation is 1. The highest BCUT2D eigenvalue weighted by molar-refractivity contribution is 5.80. The van der Waals surface area contributed by atoms with Gasteiger partial charge in [0.25, 0.3) is 0 Å². The Balaban J connectivity index is 1.67. The van der Waals surface area contributed by atoms with Crippen molar-refractivity contribution in [2.24, 2.45) is 4.99 Å². The van der Waals surface area contributed by atoms with Gasteiger partial charge >= 0.3 is 0 Å². The number of nitrogens with one attached hydrogen (secondary N) is 1. The minimum atomic E-state index is 0.396. The molecule has 1 aliphatic rings. The van der Waals surface area contributed by atoms with Gasteiger partial charge in [0, 0.05) is 26.2 Å². The molecule has 1 saturated heterocycles. The lowest BCUT2D eigenvalue weighted by Crippen LogP contribution is -2.39. The molecule has 0 unspecified atom stereocenters. The monoisotopic (exact) mass is 365 g/mol. The van der Waals surface area contributed by atoms with E-state index in [9.17, 15) is 5.26 Å². The van der Waals surface area contributed by atoms with E-state index in [1.165, 1.54) is 12.8 Å². The number of nitrogens with two attached hydrogens (primary N) is 1. The highest BCUT2D eigenvalue weighted by Gasteiger charge is 2.17. The van der Waals surface area contributed by atoms with Crippen LogP contribution in [0.15, 0.2) is 35.3 Å². The van der Waals surface area contributed by atoms with Gasteiger partial charge in [0.1, 0.15) is 17.5 Å². The van der Waals surface area contributed by atoms with Crippen LogP contribution >= 0.6 is 0 Å². The fourth-order valence-electron chi connectivity index (χ4n) is 3.33. The van der Waals surface area contributed by atoms with Crippen LogP contribution in [0.3, 0.4) is 0 Å². The zero-order valence-corrected chi connectivity index (χ0v) is 15.9. The standard InChI is InChI=1S/C20H27N7/c1-2-23-20(26-13-6-7-14-26)24-12-8-11-18-17(15-21)19(22)27(25-18)16-9-4-3-5-10-16/h3-5,9-10H,2,6-8,11-14,22H2,1H3,(H,23,24). The molecule has 0 amide bonds. The summed E-state index contributed by atoms with van der Waals surface area (Å²) >= 11 is 0. The van der Waals surface area contributed by atoms with Gasteiger partial charge in [-0.3, -0.25) is 4.99 Å². The third-order valence-electron chi connectivity index (χ3n) is 4.68. The third-order valence-corrected chi connectivity index (χ3v) is 4.68. The van der Waals surface area contributed by atoms with Gasteiger partial charge < -0.3 is 16.0 Å². The van der Waals surface area contributed by atoms with Crippen LogP contribution in [-0.2, 0) is 6.42 Å². The molecule has 0 saturated carbocycles. The SMILES string of the molecule is CCNC(=NCCCc1nn(-c2ccccc2)c(N)c1C#N)N1CCCC1. The Morgan fingerprint density at radius 3 is 2.70 bits per heavy atom. The Morgan fingerprint density at radius 1 is 1.30 bits per heavy atom. The average molecular weight is 365 g/mol. The van der Waals surface area contributed by atoms with Crippen molar-refractivity contribution in [3.05, 3.63) is 41.6 Å². The van der Waals surface area contributed by atoms with Crippen LogP contribution in [0.25, 0.3) is 5.69 Å². The van der Waals surface area contributed by atoms with Crippen molar-refractivity contribution in [2.45, 2.75) is 32.6 Å². The number of guanidine groups is 1. The number of benzene rings is 1. The van der Waals surface area contributed by atoms with Crippen molar-refractivity contribution in [3.63, 3.8) is 0 Å². The topological polar surface area (TPSA) is 95.3 Å². The van der Waals surface area contributed by atoms with Crippen molar-refractivity contribution in [2.75, 3.05) is 31.9 Å². The molecule has 2 heterocycles. The van der Waals surface area contributed by atoms with Gasteiger partial charge in [-0.1, -0.05) is 18.2 Å². The largest absolute Gasteiger partial charge is 0.382 e. The molecule has 142 valence electrons. The summed E-state index contributed by atoms with van der Waals surface area (Å²) in [5.74, 6) is 1.39. The number of anilines is 1. The first-order valence-corrected chi connectivity index (χ1v) is 9.60. The first-order chi connectivity index (χ1) is 13.2. The second kappa shape index (κ2) is 9.08. The number of hydrogen-bond acceptors (Lipinski definition) is 4. The van der Waals surface area contributed by atoms with Crippen LogP contribution in [-0.4, -0.2) is 46.8 Å². The van der Waals surface area contributed by atoms with Gasteiger partial charge in [-0.15, -0.1) is 0 Å². The number of hydrogen-bond donors (Lipinski definition) is 2. The van der Waals surface area contributed by atoms with E-state index in [2.05, 4.69) is 28.3 Å². The molecule has 1 aromatic heterocycles. The number of rotatable bonds is 6. The summed E-state index contributed by atoms with van der Waals surface area (Å²) in [5.41, 5.74) is 8.22. The molecule has 7 heteroatoms. The quantitative estimate of drug-likeness (QED) is 0.465. The maximum Gasteiger partial charge on any atom is 0.193 e. The second-order valence-corrected chi connectivity index (χ2v) is 6.60. The molecular formula is C20H27N7. The van der Waals surface area contributed by atoms with Crippen molar-refractivity contribution in [3.8, 4) is 11.8 Å². The highest BCUT2D eigenvalue weighted by Crippen LogP contribution is 2.21. The van der Waals surface area contributed by atoms with Crippen LogP contribution < -0.4 is 11.1 Å². The van der Waals surface area contributed by atoms with E-state index in [1.54, 1.807) is 4.68 Å². The molecule has 1 aromatic carbocycles. The van der Waals surface area contributed by atoms with E-state index in [1.807, 2.05) is 30.3 Å². The maximum atomic E-state index is 9.49. The lowest BCUT2D eigenvalue weighted by molar-refractivity contribution is 0.493. The molecule has 2 aromatic rings. The van der Waals surface area contributed by atoms with E-state index in [0.29, 0.717) is 24.3 Å². The Hall–Kier alpha value is -3.01. The molecule has 3 N–H and O–H groups in total. The Bertz CT molecular complexity index is 811. The van der Waals surface area contributed by atoms with Gasteiger partial charge in [0.15, 0.2) is 5.96 Å². The lowest BCUT2D eigenvalue weighted by atomic mass is 10.1. The normalized spacial score (nSPS) is 14.4. The zero-order valence-electron chi connectivity index (χ0n) is 15.9. The van der Waals surface area contributed by atoms with E-state index >= 15 is 0 Å². The van der Waals surface area contributed by atoms with Crippen molar-refractivity contribution < 1.29 is 0 Å². The lowest BCUT2D eigenvalue weighted by Gasteiger charge is -2.20. The number of nitriles is 1. The van der Waals surface area contributed by atoms with Crippen LogP contribution in [0.4, 0.5) is 5.82 Å². The zero-order chi connectivity index (χ0) is 19.1. The number of para-hydroxylation sites is 1. The maximum absolute atomic E-state index is 9.49. The van der Waals surface area contributed by atoms with Crippen LogP contribution in [0.1, 0.15) is 37.4 Å². The molecule has 0 atom stereocenters. The predicted octanol–water partition coefficient (Wildman–Crippen LogP) is 2.32. The number of aliphatic imine (C=N–C) groups is 1. The average Bonchev–Trinajstić information content (AvgIpc) is 3.33. The van der Waals surface area contributed by atoms with Crippen LogP contribution in [0.5, 0.6) is 0 Å². The van der Waals surface area contributed by atoms with Crippen molar-refractivity contribution in [1.82, 2.24) is 20.0 Å². The molecule has 0 spiro atoms. The van der Waals surface area contributed by atoms with E-state index < -0.39 is 0 Å². The molecular weight excluding hydrogens is 338 g/mol. The Morgan fingerprint density at radius 2 is 2.04 bits per heavy atom. The Kier molecular flexibility index (Phi) is 6.31. The fourth-order valence-corrected chi connectivity index (χ4v) is 3.33. The van der Waals surface area contributed by atoms with Gasteiger partial charge in [-0.2, -0.15) is 10.4 Å². The molecule has 0 radical (unpaired) electrons. The summed E-state index contributed by atoms with van der Waals surface area (Å²) < 4.78 is 1.64. The second-order valence-electron chi connectivity index (χ2n) is 6.60. The summed E-state index contributed by atoms with van der Waals surface area (Å²) in [4.78, 5) is 7.05. The minimum absolute atomic E-state index is 0.396. The third kappa shape index (κ3) is 4.40. The van der Waals surface area contributed by atoms with Crippen molar-refractivity contribution >= 4 is 11.8 Å². The fraction of sp³-hybridized carbons (Fsp3) is 0.450.